The second-order valence-corrected chi connectivity index (χ2v) is 20.9. The number of hydrogen-bond donors (Lipinski definition) is 0. The van der Waals surface area contributed by atoms with E-state index in [-0.39, 0.29) is 13.4 Å². The Labute approximate surface area is 418 Å². The number of anilines is 6. The zero-order valence-electron chi connectivity index (χ0n) is 40.6. The van der Waals surface area contributed by atoms with Crippen molar-refractivity contribution in [1.29, 1.82) is 0 Å². The van der Waals surface area contributed by atoms with Crippen molar-refractivity contribution >= 4 is 92.1 Å². The maximum absolute atomic E-state index is 7.34. The topological polar surface area (TPSA) is 24.9 Å². The van der Waals surface area contributed by atoms with Crippen LogP contribution in [0.15, 0.2) is 210 Å². The maximum atomic E-state index is 7.34. The molecule has 9 aromatic carbocycles. The van der Waals surface area contributed by atoms with Crippen molar-refractivity contribution in [1.82, 2.24) is 0 Å². The standard InChI is InChI=1S/C63H54B2N2O2S/c1-40(2)43-33-50(41(3)4)62(51(34-43)42(5)6)64-52-32-31-48(66(44-21-11-7-12-22-44)45-23-13-8-14-24-45)35-56(52)68-57-39-58-55(38-54(57)64)65-53-29-19-20-30-60(53)70-61-37-49(36-59(69-58)63(61)65)67(46-25-15-9-16-26-46)47-27-17-10-18-28-47/h7-42H,1-6H3. The second-order valence-electron chi connectivity index (χ2n) is 19.8. The highest BCUT2D eigenvalue weighted by Gasteiger charge is 2.44. The molecular weight excluding hydrogens is 870 g/mol. The van der Waals surface area contributed by atoms with Crippen LogP contribution in [0, 0.1) is 0 Å². The van der Waals surface area contributed by atoms with Gasteiger partial charge in [-0.3, -0.25) is 0 Å². The van der Waals surface area contributed by atoms with Gasteiger partial charge in [0.05, 0.1) is 5.69 Å². The van der Waals surface area contributed by atoms with Gasteiger partial charge in [0.15, 0.2) is 0 Å². The van der Waals surface area contributed by atoms with Gasteiger partial charge < -0.3 is 19.3 Å². The third-order valence-electron chi connectivity index (χ3n) is 14.4. The van der Waals surface area contributed by atoms with Crippen molar-refractivity contribution in [2.75, 3.05) is 9.80 Å². The molecule has 0 N–H and O–H groups in total. The van der Waals surface area contributed by atoms with Gasteiger partial charge in [0.1, 0.15) is 23.0 Å². The summed E-state index contributed by atoms with van der Waals surface area (Å²) in [6.45, 7) is 13.9. The monoisotopic (exact) mass is 924 g/mol. The summed E-state index contributed by atoms with van der Waals surface area (Å²) in [5.74, 6) is 4.36. The molecule has 0 fully saturated rings. The van der Waals surface area contributed by atoms with E-state index in [1.165, 1.54) is 59.3 Å². The summed E-state index contributed by atoms with van der Waals surface area (Å²) in [7, 11) is 0. The summed E-state index contributed by atoms with van der Waals surface area (Å²) in [5.41, 5.74) is 18.0. The molecule has 0 saturated carbocycles. The fourth-order valence-electron chi connectivity index (χ4n) is 11.1. The van der Waals surface area contributed by atoms with Crippen LogP contribution in [-0.4, -0.2) is 13.4 Å². The lowest BCUT2D eigenvalue weighted by molar-refractivity contribution is 0.465. The molecule has 0 spiro atoms. The van der Waals surface area contributed by atoms with E-state index in [1.54, 1.807) is 0 Å². The molecule has 3 aliphatic heterocycles. The minimum absolute atomic E-state index is 0.0420. The van der Waals surface area contributed by atoms with Crippen molar-refractivity contribution in [3.63, 3.8) is 0 Å². The molecule has 3 heterocycles. The number of ether oxygens (including phenoxy) is 2. The first-order valence-corrected chi connectivity index (χ1v) is 25.6. The van der Waals surface area contributed by atoms with Gasteiger partial charge in [-0.05, 0) is 123 Å². The highest BCUT2D eigenvalue weighted by atomic mass is 32.2. The number of para-hydroxylation sites is 4. The van der Waals surface area contributed by atoms with Crippen molar-refractivity contribution in [3.8, 4) is 23.0 Å². The first-order chi connectivity index (χ1) is 34.2. The van der Waals surface area contributed by atoms with Gasteiger partial charge in [0.2, 0.25) is 0 Å². The summed E-state index contributed by atoms with van der Waals surface area (Å²) in [6, 6.07) is 72.6. The van der Waals surface area contributed by atoms with Crippen LogP contribution >= 0.6 is 11.8 Å². The molecule has 0 amide bonds. The zero-order chi connectivity index (χ0) is 47.6. The maximum Gasteiger partial charge on any atom is 0.253 e. The quantitative estimate of drug-likeness (QED) is 0.127. The summed E-state index contributed by atoms with van der Waals surface area (Å²) in [4.78, 5) is 7.12. The molecule has 4 nitrogen and oxygen atoms in total. The molecular formula is C63H54B2N2O2S. The van der Waals surface area contributed by atoms with Crippen LogP contribution in [0.4, 0.5) is 34.1 Å². The Balaban J connectivity index is 1.09. The van der Waals surface area contributed by atoms with Crippen LogP contribution in [0.2, 0.25) is 0 Å². The Bertz CT molecular complexity index is 3310. The van der Waals surface area contributed by atoms with Crippen LogP contribution < -0.4 is 52.1 Å². The first kappa shape index (κ1) is 43.9. The van der Waals surface area contributed by atoms with Crippen molar-refractivity contribution in [2.45, 2.75) is 69.1 Å². The number of hydrogen-bond acceptors (Lipinski definition) is 5. The van der Waals surface area contributed by atoms with Gasteiger partial charge >= 0.3 is 0 Å². The highest BCUT2D eigenvalue weighted by Crippen LogP contribution is 2.45. The van der Waals surface area contributed by atoms with Gasteiger partial charge in [-0.1, -0.05) is 179 Å². The Kier molecular flexibility index (Phi) is 11.2. The molecule has 0 aliphatic carbocycles. The number of nitrogens with zero attached hydrogens (tertiary/aromatic N) is 2. The molecule has 340 valence electrons. The predicted molar refractivity (Wildman–Crippen MR) is 297 cm³/mol. The fraction of sp³-hybridized carbons (Fsp3) is 0.143. The van der Waals surface area contributed by atoms with E-state index < -0.39 is 0 Å². The molecule has 7 heteroatoms. The van der Waals surface area contributed by atoms with E-state index in [0.717, 1.165) is 57.1 Å². The van der Waals surface area contributed by atoms with Gasteiger partial charge in [-0.25, -0.2) is 0 Å². The SMILES string of the molecule is CC(C)c1cc(C(C)C)c(B2c3ccc(N(c4ccccc4)c4ccccc4)cc3Oc3cc4c(cc32)B2c3ccccc3Sc3cc(N(c5ccccc5)c5ccccc5)cc(c32)O4)c(C(C)C)c1. The fourth-order valence-corrected chi connectivity index (χ4v) is 12.2. The Morgan fingerprint density at radius 1 is 0.343 bits per heavy atom. The Morgan fingerprint density at radius 2 is 0.800 bits per heavy atom. The van der Waals surface area contributed by atoms with Gasteiger partial charge in [0, 0.05) is 56.4 Å². The van der Waals surface area contributed by atoms with Crippen molar-refractivity contribution in [2.24, 2.45) is 0 Å². The largest absolute Gasteiger partial charge is 0.458 e. The second kappa shape index (κ2) is 17.9. The van der Waals surface area contributed by atoms with Crippen LogP contribution in [-0.2, 0) is 0 Å². The summed E-state index contributed by atoms with van der Waals surface area (Å²) < 4.78 is 14.7. The summed E-state index contributed by atoms with van der Waals surface area (Å²) in [6.07, 6.45) is 0. The molecule has 3 aliphatic rings. The van der Waals surface area contributed by atoms with Crippen LogP contribution in [0.25, 0.3) is 0 Å². The first-order valence-electron chi connectivity index (χ1n) is 24.8. The summed E-state index contributed by atoms with van der Waals surface area (Å²) >= 11 is 1.84. The van der Waals surface area contributed by atoms with E-state index >= 15 is 0 Å². The van der Waals surface area contributed by atoms with E-state index in [1.807, 2.05) is 11.8 Å². The minimum atomic E-state index is -0.0993. The average molecular weight is 925 g/mol. The van der Waals surface area contributed by atoms with Gasteiger partial charge in [-0.2, -0.15) is 0 Å². The molecule has 0 radical (unpaired) electrons. The Hall–Kier alpha value is -7.34. The molecule has 9 aromatic rings. The van der Waals surface area contributed by atoms with Crippen molar-refractivity contribution in [3.05, 3.63) is 217 Å². The van der Waals surface area contributed by atoms with Crippen LogP contribution in [0.1, 0.15) is 76.0 Å². The molecule has 0 saturated heterocycles. The number of benzene rings is 9. The lowest BCUT2D eigenvalue weighted by Crippen LogP contribution is -2.61. The molecule has 0 bridgehead atoms. The normalized spacial score (nSPS) is 12.9. The van der Waals surface area contributed by atoms with Crippen LogP contribution in [0.3, 0.4) is 0 Å². The predicted octanol–water partition coefficient (Wildman–Crippen LogP) is 13.7. The average Bonchev–Trinajstić information content (AvgIpc) is 3.38. The van der Waals surface area contributed by atoms with Gasteiger partial charge in [-0.15, -0.1) is 0 Å². The lowest BCUT2D eigenvalue weighted by Gasteiger charge is -2.37. The van der Waals surface area contributed by atoms with E-state index in [2.05, 4.69) is 252 Å². The number of rotatable bonds is 10. The Morgan fingerprint density at radius 3 is 1.33 bits per heavy atom. The molecule has 0 atom stereocenters. The van der Waals surface area contributed by atoms with E-state index in [0.29, 0.717) is 17.8 Å². The minimum Gasteiger partial charge on any atom is -0.458 e. The zero-order valence-corrected chi connectivity index (χ0v) is 41.4. The van der Waals surface area contributed by atoms with Crippen LogP contribution in [0.5, 0.6) is 23.0 Å². The van der Waals surface area contributed by atoms with Gasteiger partial charge in [0.25, 0.3) is 13.4 Å². The smallest absolute Gasteiger partial charge is 0.253 e. The van der Waals surface area contributed by atoms with E-state index in [9.17, 15) is 0 Å². The molecule has 12 rings (SSSR count). The summed E-state index contributed by atoms with van der Waals surface area (Å²) in [5, 5.41) is 0. The lowest BCUT2D eigenvalue weighted by atomic mass is 9.31. The highest BCUT2D eigenvalue weighted by molar-refractivity contribution is 8.00. The third kappa shape index (κ3) is 7.59. The molecule has 70 heavy (non-hydrogen) atoms. The third-order valence-corrected chi connectivity index (χ3v) is 15.5. The molecule has 0 aromatic heterocycles. The van der Waals surface area contributed by atoms with Crippen molar-refractivity contribution < 1.29 is 9.47 Å². The number of fused-ring (bicyclic) bond motifs is 6. The van der Waals surface area contributed by atoms with E-state index in [4.69, 9.17) is 9.47 Å². The molecule has 0 unspecified atom stereocenters.